The number of carbonyl (C=O) groups is 1. The van der Waals surface area contributed by atoms with E-state index in [-0.39, 0.29) is 35.9 Å². The Balaban J connectivity index is 0.00000529. The number of hydrogen-bond acceptors (Lipinski definition) is 4. The van der Waals surface area contributed by atoms with Crippen molar-refractivity contribution in [1.29, 1.82) is 0 Å². The summed E-state index contributed by atoms with van der Waals surface area (Å²) in [6.45, 7) is 5.63. The number of guanidine groups is 1. The molecule has 0 spiro atoms. The maximum absolute atomic E-state index is 11.4. The molecule has 1 N–H and O–H groups in total. The molecule has 0 aliphatic rings. The van der Waals surface area contributed by atoms with Crippen LogP contribution in [0, 0.1) is 5.92 Å². The molecule has 0 saturated carbocycles. The Kier molecular flexibility index (Phi) is 11.2. The van der Waals surface area contributed by atoms with Crippen LogP contribution in [0.3, 0.4) is 0 Å². The zero-order valence-corrected chi connectivity index (χ0v) is 17.4. The number of nitrogens with one attached hydrogen (secondary N) is 1. The van der Waals surface area contributed by atoms with Gasteiger partial charge in [-0.15, -0.1) is 24.0 Å². The lowest BCUT2D eigenvalue weighted by molar-refractivity contribution is -0.144. The fourth-order valence-electron chi connectivity index (χ4n) is 2.12. The topological polar surface area (TPSA) is 63.2 Å². The van der Waals surface area contributed by atoms with Crippen LogP contribution >= 0.6 is 24.0 Å². The van der Waals surface area contributed by atoms with Gasteiger partial charge in [0.05, 0.1) is 19.6 Å². The Morgan fingerprint density at radius 2 is 1.96 bits per heavy atom. The van der Waals surface area contributed by atoms with Crippen molar-refractivity contribution < 1.29 is 14.3 Å². The number of carbonyl (C=O) groups excluding carboxylic acids is 1. The number of nitrogens with zero attached hydrogens (tertiary/aromatic N) is 2. The highest BCUT2D eigenvalue weighted by Gasteiger charge is 2.14. The minimum absolute atomic E-state index is 0. The summed E-state index contributed by atoms with van der Waals surface area (Å²) in [4.78, 5) is 17.7. The zero-order valence-electron chi connectivity index (χ0n) is 15.0. The van der Waals surface area contributed by atoms with Crippen LogP contribution in [0.2, 0.25) is 0 Å². The van der Waals surface area contributed by atoms with E-state index in [0.717, 1.165) is 17.3 Å². The van der Waals surface area contributed by atoms with Crippen LogP contribution in [0.25, 0.3) is 0 Å². The van der Waals surface area contributed by atoms with Crippen LogP contribution in [-0.4, -0.2) is 51.2 Å². The first-order valence-electron chi connectivity index (χ1n) is 7.73. The first-order chi connectivity index (χ1) is 11.0. The quantitative estimate of drug-likeness (QED) is 0.300. The smallest absolute Gasteiger partial charge is 0.310 e. The van der Waals surface area contributed by atoms with Gasteiger partial charge in [-0.1, -0.05) is 19.1 Å². The number of benzene rings is 1. The molecule has 1 unspecified atom stereocenters. The molecule has 0 amide bonds. The second-order valence-corrected chi connectivity index (χ2v) is 5.29. The van der Waals surface area contributed by atoms with Gasteiger partial charge in [-0.3, -0.25) is 9.79 Å². The molecule has 0 heterocycles. The molecule has 0 fully saturated rings. The number of rotatable bonds is 7. The maximum Gasteiger partial charge on any atom is 0.310 e. The summed E-state index contributed by atoms with van der Waals surface area (Å²) in [5.74, 6) is 1.14. The van der Waals surface area contributed by atoms with Crippen molar-refractivity contribution in [2.75, 3.05) is 34.4 Å². The lowest BCUT2D eigenvalue weighted by Crippen LogP contribution is -2.41. The fourth-order valence-corrected chi connectivity index (χ4v) is 2.12. The molecule has 0 aromatic heterocycles. The van der Waals surface area contributed by atoms with E-state index >= 15 is 0 Å². The van der Waals surface area contributed by atoms with Crippen molar-refractivity contribution in [2.45, 2.75) is 20.4 Å². The second kappa shape index (κ2) is 11.9. The Morgan fingerprint density at radius 3 is 2.46 bits per heavy atom. The van der Waals surface area contributed by atoms with E-state index in [1.54, 1.807) is 7.05 Å². The van der Waals surface area contributed by atoms with Crippen LogP contribution in [0.4, 0.5) is 0 Å². The van der Waals surface area contributed by atoms with E-state index in [9.17, 15) is 4.79 Å². The zero-order chi connectivity index (χ0) is 17.2. The highest BCUT2D eigenvalue weighted by molar-refractivity contribution is 14.0. The number of hydrogen-bond donors (Lipinski definition) is 1. The minimum atomic E-state index is -0.234. The van der Waals surface area contributed by atoms with Crippen molar-refractivity contribution in [3.8, 4) is 5.75 Å². The molecule has 0 radical (unpaired) electrons. The summed E-state index contributed by atoms with van der Waals surface area (Å²) < 4.78 is 10.2. The molecule has 1 atom stereocenters. The molecular weight excluding hydrogens is 421 g/mol. The van der Waals surface area contributed by atoms with E-state index in [1.165, 1.54) is 7.11 Å². The van der Waals surface area contributed by atoms with Gasteiger partial charge >= 0.3 is 5.97 Å². The SMILES string of the molecule is CCOc1ccc(CN(C)C(=NC)NCC(C)C(=O)OC)cc1.I. The number of methoxy groups -OCH3 is 1. The lowest BCUT2D eigenvalue weighted by Gasteiger charge is -2.23. The summed E-state index contributed by atoms with van der Waals surface area (Å²) in [5.41, 5.74) is 1.15. The number of esters is 1. The van der Waals surface area contributed by atoms with Gasteiger partial charge in [0.25, 0.3) is 0 Å². The molecule has 136 valence electrons. The maximum atomic E-state index is 11.4. The minimum Gasteiger partial charge on any atom is -0.494 e. The summed E-state index contributed by atoms with van der Waals surface area (Å²) in [6.07, 6.45) is 0. The van der Waals surface area contributed by atoms with E-state index in [0.29, 0.717) is 19.7 Å². The van der Waals surface area contributed by atoms with Gasteiger partial charge in [-0.05, 0) is 24.6 Å². The molecule has 1 aromatic rings. The van der Waals surface area contributed by atoms with Crippen molar-refractivity contribution in [2.24, 2.45) is 10.9 Å². The molecule has 24 heavy (non-hydrogen) atoms. The third-order valence-corrected chi connectivity index (χ3v) is 3.40. The predicted molar refractivity (Wildman–Crippen MR) is 107 cm³/mol. The molecule has 0 bridgehead atoms. The van der Waals surface area contributed by atoms with Crippen molar-refractivity contribution in [3.05, 3.63) is 29.8 Å². The molecule has 7 heteroatoms. The fraction of sp³-hybridized carbons (Fsp3) is 0.529. The van der Waals surface area contributed by atoms with Gasteiger partial charge in [0, 0.05) is 27.2 Å². The predicted octanol–water partition coefficient (Wildman–Crippen LogP) is 2.52. The first kappa shape index (κ1) is 22.5. The Bertz CT molecular complexity index is 520. The van der Waals surface area contributed by atoms with Crippen molar-refractivity contribution in [1.82, 2.24) is 10.2 Å². The normalized spacial score (nSPS) is 12.0. The second-order valence-electron chi connectivity index (χ2n) is 5.29. The third kappa shape index (κ3) is 7.37. The van der Waals surface area contributed by atoms with E-state index in [2.05, 4.69) is 10.3 Å². The third-order valence-electron chi connectivity index (χ3n) is 3.40. The summed E-state index contributed by atoms with van der Waals surface area (Å²) >= 11 is 0. The van der Waals surface area contributed by atoms with Crippen molar-refractivity contribution >= 4 is 35.9 Å². The highest BCUT2D eigenvalue weighted by Crippen LogP contribution is 2.13. The molecule has 0 aliphatic carbocycles. The van der Waals surface area contributed by atoms with E-state index in [4.69, 9.17) is 9.47 Å². The number of ether oxygens (including phenoxy) is 2. The molecule has 6 nitrogen and oxygen atoms in total. The largest absolute Gasteiger partial charge is 0.494 e. The van der Waals surface area contributed by atoms with Crippen LogP contribution in [0.15, 0.2) is 29.3 Å². The van der Waals surface area contributed by atoms with Crippen LogP contribution in [0.1, 0.15) is 19.4 Å². The van der Waals surface area contributed by atoms with Gasteiger partial charge in [0.2, 0.25) is 0 Å². The summed E-state index contributed by atoms with van der Waals surface area (Å²) in [6, 6.07) is 7.99. The van der Waals surface area contributed by atoms with Crippen LogP contribution in [0.5, 0.6) is 5.75 Å². The average molecular weight is 449 g/mol. The number of aliphatic imine (C=N–C) groups is 1. The average Bonchev–Trinajstić information content (AvgIpc) is 2.56. The Morgan fingerprint density at radius 1 is 1.33 bits per heavy atom. The number of halogens is 1. The lowest BCUT2D eigenvalue weighted by atomic mass is 10.2. The molecular formula is C17H28IN3O3. The standard InChI is InChI=1S/C17H27N3O3.HI/c1-6-23-15-9-7-14(8-10-15)12-20(4)17(18-3)19-11-13(2)16(21)22-5;/h7-10,13H,6,11-12H2,1-5H3,(H,18,19);1H. The molecule has 0 saturated heterocycles. The summed E-state index contributed by atoms with van der Waals surface area (Å²) in [5, 5.41) is 3.19. The van der Waals surface area contributed by atoms with Gasteiger partial charge in [0.1, 0.15) is 5.75 Å². The van der Waals surface area contributed by atoms with Gasteiger partial charge in [-0.2, -0.15) is 0 Å². The van der Waals surface area contributed by atoms with Crippen LogP contribution in [-0.2, 0) is 16.1 Å². The molecule has 0 aliphatic heterocycles. The van der Waals surface area contributed by atoms with Gasteiger partial charge in [-0.25, -0.2) is 0 Å². The van der Waals surface area contributed by atoms with Crippen molar-refractivity contribution in [3.63, 3.8) is 0 Å². The summed E-state index contributed by atoms with van der Waals surface area (Å²) in [7, 11) is 5.07. The van der Waals surface area contributed by atoms with E-state index in [1.807, 2.05) is 50.1 Å². The highest BCUT2D eigenvalue weighted by atomic mass is 127. The monoisotopic (exact) mass is 449 g/mol. The molecule has 1 aromatic carbocycles. The van der Waals surface area contributed by atoms with Gasteiger partial charge < -0.3 is 19.7 Å². The van der Waals surface area contributed by atoms with E-state index < -0.39 is 0 Å². The van der Waals surface area contributed by atoms with Gasteiger partial charge in [0.15, 0.2) is 5.96 Å². The Labute approximate surface area is 161 Å². The van der Waals surface area contributed by atoms with Crippen LogP contribution < -0.4 is 10.1 Å². The Hall–Kier alpha value is -1.51. The molecule has 1 rings (SSSR count). The first-order valence-corrected chi connectivity index (χ1v) is 7.73.